The molecule has 1 aromatic rings. The van der Waals surface area contributed by atoms with Crippen LogP contribution in [-0.2, 0) is 16.1 Å². The van der Waals surface area contributed by atoms with E-state index in [1.54, 1.807) is 7.11 Å². The van der Waals surface area contributed by atoms with Crippen LogP contribution in [0.15, 0.2) is 18.2 Å². The average Bonchev–Trinajstić information content (AvgIpc) is 2.42. The molecule has 0 unspecified atom stereocenters. The van der Waals surface area contributed by atoms with E-state index in [-0.39, 0.29) is 24.9 Å². The molecule has 0 saturated carbocycles. The van der Waals surface area contributed by atoms with Crippen LogP contribution in [0, 0.1) is 5.82 Å². The molecule has 0 radical (unpaired) electrons. The quantitative estimate of drug-likeness (QED) is 0.712. The summed E-state index contributed by atoms with van der Waals surface area (Å²) in [6.07, 6.45) is 0. The van der Waals surface area contributed by atoms with Crippen LogP contribution in [0.25, 0.3) is 0 Å². The number of carbonyl (C=O) groups is 1. The number of benzene rings is 1. The molecule has 0 fully saturated rings. The summed E-state index contributed by atoms with van der Waals surface area (Å²) in [5, 5.41) is 2.71. The molecule has 0 bridgehead atoms. The maximum atomic E-state index is 13.7. The summed E-state index contributed by atoms with van der Waals surface area (Å²) < 4.78 is 23.8. The van der Waals surface area contributed by atoms with Crippen LogP contribution in [0.5, 0.6) is 0 Å². The third kappa shape index (κ3) is 7.70. The summed E-state index contributed by atoms with van der Waals surface area (Å²) in [4.78, 5) is 12.0. The zero-order valence-corrected chi connectivity index (χ0v) is 14.0. The summed E-state index contributed by atoms with van der Waals surface area (Å²) in [5.74, 6) is -0.685. The number of hydrogen-bond donors (Lipinski definition) is 2. The predicted molar refractivity (Wildman–Crippen MR) is 85.8 cm³/mol. The van der Waals surface area contributed by atoms with Crippen molar-refractivity contribution in [2.24, 2.45) is 5.73 Å². The number of rotatable bonds is 8. The highest BCUT2D eigenvalue weighted by Gasteiger charge is 2.14. The Morgan fingerprint density at radius 1 is 1.36 bits per heavy atom. The molecule has 5 nitrogen and oxygen atoms in total. The van der Waals surface area contributed by atoms with Crippen molar-refractivity contribution in [1.29, 1.82) is 0 Å². The summed E-state index contributed by atoms with van der Waals surface area (Å²) >= 11 is 0. The first-order valence-electron chi connectivity index (χ1n) is 6.75. The maximum Gasteiger partial charge on any atom is 0.251 e. The van der Waals surface area contributed by atoms with Gasteiger partial charge in [-0.25, -0.2) is 4.39 Å². The first-order chi connectivity index (χ1) is 9.83. The first kappa shape index (κ1) is 20.8. The van der Waals surface area contributed by atoms with Crippen molar-refractivity contribution in [2.45, 2.75) is 26.0 Å². The molecule has 0 spiro atoms. The molecule has 126 valence electrons. The molecular weight excluding hydrogens is 311 g/mol. The number of nitrogens with one attached hydrogen (secondary N) is 1. The van der Waals surface area contributed by atoms with E-state index >= 15 is 0 Å². The van der Waals surface area contributed by atoms with Gasteiger partial charge in [0, 0.05) is 30.3 Å². The molecule has 0 aromatic heterocycles. The van der Waals surface area contributed by atoms with Gasteiger partial charge in [-0.15, -0.1) is 12.4 Å². The standard InChI is InChI=1S/C15H23FN2O3.ClH/c1-15(2,17)10-18-14(19)11-4-5-13(16)12(8-11)9-21-7-6-20-3;/h4-5,8H,6-7,9-10,17H2,1-3H3,(H,18,19);1H. The summed E-state index contributed by atoms with van der Waals surface area (Å²) in [7, 11) is 1.56. The van der Waals surface area contributed by atoms with Crippen molar-refractivity contribution < 1.29 is 18.7 Å². The lowest BCUT2D eigenvalue weighted by Gasteiger charge is -2.19. The number of nitrogens with two attached hydrogens (primary N) is 1. The van der Waals surface area contributed by atoms with Crippen LogP contribution >= 0.6 is 12.4 Å². The van der Waals surface area contributed by atoms with Gasteiger partial charge in [0.05, 0.1) is 19.8 Å². The van der Waals surface area contributed by atoms with E-state index < -0.39 is 11.4 Å². The topological polar surface area (TPSA) is 73.6 Å². The Morgan fingerprint density at radius 3 is 2.64 bits per heavy atom. The highest BCUT2D eigenvalue weighted by Crippen LogP contribution is 2.12. The van der Waals surface area contributed by atoms with Crippen LogP contribution in [0.3, 0.4) is 0 Å². The molecule has 22 heavy (non-hydrogen) atoms. The number of ether oxygens (including phenoxy) is 2. The SMILES string of the molecule is COCCOCc1cc(C(=O)NCC(C)(C)N)ccc1F.Cl. The largest absolute Gasteiger partial charge is 0.382 e. The minimum atomic E-state index is -0.498. The molecule has 7 heteroatoms. The van der Waals surface area contributed by atoms with Gasteiger partial charge in [-0.2, -0.15) is 0 Å². The van der Waals surface area contributed by atoms with E-state index in [0.29, 0.717) is 30.9 Å². The Bertz CT molecular complexity index is 478. The highest BCUT2D eigenvalue weighted by atomic mass is 35.5. The Labute approximate surface area is 136 Å². The third-order valence-corrected chi connectivity index (χ3v) is 2.70. The van der Waals surface area contributed by atoms with Gasteiger partial charge in [-0.05, 0) is 32.0 Å². The second-order valence-electron chi connectivity index (χ2n) is 5.52. The molecular formula is C15H24ClFN2O3. The fourth-order valence-electron chi connectivity index (χ4n) is 1.56. The van der Waals surface area contributed by atoms with Gasteiger partial charge in [0.2, 0.25) is 0 Å². The third-order valence-electron chi connectivity index (χ3n) is 2.70. The smallest absolute Gasteiger partial charge is 0.251 e. The van der Waals surface area contributed by atoms with Gasteiger partial charge < -0.3 is 20.5 Å². The Morgan fingerprint density at radius 2 is 2.05 bits per heavy atom. The van der Waals surface area contributed by atoms with Gasteiger partial charge in [-0.1, -0.05) is 0 Å². The molecule has 3 N–H and O–H groups in total. The summed E-state index contributed by atoms with van der Waals surface area (Å²) in [6.45, 7) is 4.86. The molecule has 0 aliphatic carbocycles. The number of carbonyl (C=O) groups excluding carboxylic acids is 1. The normalized spacial score (nSPS) is 11.0. The Balaban J connectivity index is 0.00000441. The van der Waals surface area contributed by atoms with Crippen LogP contribution in [0.4, 0.5) is 4.39 Å². The minimum absolute atomic E-state index is 0. The number of halogens is 2. The lowest BCUT2D eigenvalue weighted by Crippen LogP contribution is -2.45. The van der Waals surface area contributed by atoms with E-state index in [1.807, 2.05) is 13.8 Å². The molecule has 0 aliphatic heterocycles. The fourth-order valence-corrected chi connectivity index (χ4v) is 1.56. The minimum Gasteiger partial charge on any atom is -0.382 e. The van der Waals surface area contributed by atoms with Gasteiger partial charge in [0.15, 0.2) is 0 Å². The lowest BCUT2D eigenvalue weighted by molar-refractivity contribution is 0.0604. The molecule has 1 amide bonds. The number of hydrogen-bond acceptors (Lipinski definition) is 4. The molecule has 1 rings (SSSR count). The Kier molecular flexibility index (Phi) is 9.20. The van der Waals surface area contributed by atoms with Crippen LogP contribution in [0.2, 0.25) is 0 Å². The molecule has 0 aliphatic rings. The van der Waals surface area contributed by atoms with E-state index in [9.17, 15) is 9.18 Å². The van der Waals surface area contributed by atoms with E-state index in [4.69, 9.17) is 15.2 Å². The summed E-state index contributed by atoms with van der Waals surface area (Å²) in [5.41, 5.74) is 6.02. The maximum absolute atomic E-state index is 13.7. The van der Waals surface area contributed by atoms with Gasteiger partial charge in [0.25, 0.3) is 5.91 Å². The summed E-state index contributed by atoms with van der Waals surface area (Å²) in [6, 6.07) is 4.19. The average molecular weight is 335 g/mol. The van der Waals surface area contributed by atoms with Crippen molar-refractivity contribution in [1.82, 2.24) is 5.32 Å². The van der Waals surface area contributed by atoms with Crippen LogP contribution in [-0.4, -0.2) is 38.3 Å². The van der Waals surface area contributed by atoms with Crippen molar-refractivity contribution in [3.8, 4) is 0 Å². The fraction of sp³-hybridized carbons (Fsp3) is 0.533. The van der Waals surface area contributed by atoms with Crippen molar-refractivity contribution in [3.05, 3.63) is 35.1 Å². The zero-order chi connectivity index (χ0) is 15.9. The van der Waals surface area contributed by atoms with E-state index in [2.05, 4.69) is 5.32 Å². The van der Waals surface area contributed by atoms with E-state index in [0.717, 1.165) is 0 Å². The molecule has 0 atom stereocenters. The Hall–Kier alpha value is -1.21. The monoisotopic (exact) mass is 334 g/mol. The molecule has 0 saturated heterocycles. The first-order valence-corrected chi connectivity index (χ1v) is 6.75. The number of methoxy groups -OCH3 is 1. The highest BCUT2D eigenvalue weighted by molar-refractivity contribution is 5.94. The van der Waals surface area contributed by atoms with Crippen molar-refractivity contribution >= 4 is 18.3 Å². The van der Waals surface area contributed by atoms with Crippen LogP contribution < -0.4 is 11.1 Å². The second kappa shape index (κ2) is 9.74. The van der Waals surface area contributed by atoms with Crippen LogP contribution in [0.1, 0.15) is 29.8 Å². The predicted octanol–water partition coefficient (Wildman–Crippen LogP) is 1.88. The van der Waals surface area contributed by atoms with Gasteiger partial charge in [0.1, 0.15) is 5.82 Å². The lowest BCUT2D eigenvalue weighted by atomic mass is 10.1. The second-order valence-corrected chi connectivity index (χ2v) is 5.52. The molecule has 1 aromatic carbocycles. The van der Waals surface area contributed by atoms with E-state index in [1.165, 1.54) is 18.2 Å². The number of amides is 1. The van der Waals surface area contributed by atoms with Crippen molar-refractivity contribution in [3.63, 3.8) is 0 Å². The van der Waals surface area contributed by atoms with Gasteiger partial charge >= 0.3 is 0 Å². The molecule has 0 heterocycles. The van der Waals surface area contributed by atoms with Gasteiger partial charge in [-0.3, -0.25) is 4.79 Å². The van der Waals surface area contributed by atoms with Crippen molar-refractivity contribution in [2.75, 3.05) is 26.9 Å². The zero-order valence-electron chi connectivity index (χ0n) is 13.1.